The lowest BCUT2D eigenvalue weighted by atomic mass is 10.0. The van der Waals surface area contributed by atoms with Crippen LogP contribution in [0.25, 0.3) is 0 Å². The molecule has 0 radical (unpaired) electrons. The van der Waals surface area contributed by atoms with Crippen molar-refractivity contribution in [3.05, 3.63) is 110 Å². The number of ketones is 1. The first-order chi connectivity index (χ1) is 16.2. The van der Waals surface area contributed by atoms with E-state index >= 15 is 0 Å². The molecule has 4 rings (SSSR count). The van der Waals surface area contributed by atoms with Gasteiger partial charge in [0.15, 0.2) is 5.78 Å². The minimum Gasteiger partial charge on any atom is -0.292 e. The number of rotatable bonds is 6. The maximum absolute atomic E-state index is 13.5. The van der Waals surface area contributed by atoms with Gasteiger partial charge in [-0.2, -0.15) is 5.01 Å². The fourth-order valence-electron chi connectivity index (χ4n) is 3.64. The Labute approximate surface area is 198 Å². The summed E-state index contributed by atoms with van der Waals surface area (Å²) in [5.41, 5.74) is 0.127. The average Bonchev–Trinajstić information content (AvgIpc) is 3.09. The van der Waals surface area contributed by atoms with Crippen LogP contribution in [0.5, 0.6) is 0 Å². The van der Waals surface area contributed by atoms with Crippen molar-refractivity contribution in [1.29, 1.82) is 0 Å². The van der Waals surface area contributed by atoms with Crippen LogP contribution >= 0.6 is 11.6 Å². The summed E-state index contributed by atoms with van der Waals surface area (Å²) in [6.45, 7) is 1.39. The van der Waals surface area contributed by atoms with E-state index in [0.29, 0.717) is 10.0 Å². The minimum atomic E-state index is -1.27. The number of carbonyl (C=O) groups excluding carboxylic acids is 4. The van der Waals surface area contributed by atoms with Crippen molar-refractivity contribution in [3.63, 3.8) is 0 Å². The second kappa shape index (κ2) is 8.87. The molecule has 0 aromatic heterocycles. The Hall–Kier alpha value is -4.37. The number of nitro groups is 1. The topological polar surface area (TPSA) is 118 Å². The van der Waals surface area contributed by atoms with Gasteiger partial charge in [-0.25, -0.2) is 5.01 Å². The van der Waals surface area contributed by atoms with E-state index in [0.717, 1.165) is 17.1 Å². The summed E-state index contributed by atoms with van der Waals surface area (Å²) in [5, 5.41) is 12.8. The van der Waals surface area contributed by atoms with Crippen molar-refractivity contribution >= 4 is 40.8 Å². The molecule has 0 unspecified atom stereocenters. The molecule has 1 heterocycles. The van der Waals surface area contributed by atoms with Gasteiger partial charge in [0.25, 0.3) is 23.4 Å². The van der Waals surface area contributed by atoms with Gasteiger partial charge in [-0.1, -0.05) is 23.7 Å². The number of fused-ring (bicyclic) bond motifs is 1. The largest absolute Gasteiger partial charge is 0.292 e. The molecule has 0 spiro atoms. The van der Waals surface area contributed by atoms with E-state index in [1.165, 1.54) is 55.5 Å². The maximum atomic E-state index is 13.5. The predicted octanol–water partition coefficient (Wildman–Crippen LogP) is 4.17. The molecule has 1 aliphatic heterocycles. The van der Waals surface area contributed by atoms with Crippen LogP contribution in [0.4, 0.5) is 5.69 Å². The Bertz CT molecular complexity index is 1300. The number of carbonyl (C=O) groups is 4. The third-order valence-electron chi connectivity index (χ3n) is 5.40. The molecular formula is C24H16ClN3O6. The fourth-order valence-corrected chi connectivity index (χ4v) is 3.76. The summed E-state index contributed by atoms with van der Waals surface area (Å²) in [6, 6.07) is 15.4. The molecule has 0 saturated heterocycles. The lowest BCUT2D eigenvalue weighted by Crippen LogP contribution is -2.56. The van der Waals surface area contributed by atoms with E-state index in [1.807, 2.05) is 0 Å². The van der Waals surface area contributed by atoms with Crippen molar-refractivity contribution < 1.29 is 24.1 Å². The standard InChI is InChI=1S/C24H16ClN3O6/c1-14(21(29)15-6-10-17(25)11-7-15)26(22(30)16-8-12-18(13-9-16)28(33)34)27-23(31)19-4-2-3-5-20(19)24(27)32/h2-14H,1H3/t14-/m1/s1. The molecular weight excluding hydrogens is 462 g/mol. The number of nitrogens with zero attached hydrogens (tertiary/aromatic N) is 3. The normalized spacial score (nSPS) is 13.4. The molecule has 3 aromatic rings. The molecule has 1 aliphatic rings. The third-order valence-corrected chi connectivity index (χ3v) is 5.65. The summed E-state index contributed by atoms with van der Waals surface area (Å²) in [4.78, 5) is 63.4. The van der Waals surface area contributed by atoms with Crippen molar-refractivity contribution in [2.24, 2.45) is 0 Å². The van der Waals surface area contributed by atoms with Crippen LogP contribution in [0.15, 0.2) is 72.8 Å². The quantitative estimate of drug-likeness (QED) is 0.227. The van der Waals surface area contributed by atoms with E-state index in [2.05, 4.69) is 0 Å². The second-order valence-electron chi connectivity index (χ2n) is 7.47. The van der Waals surface area contributed by atoms with Gasteiger partial charge in [0.2, 0.25) is 0 Å². The molecule has 0 saturated carbocycles. The Morgan fingerprint density at radius 1 is 0.882 bits per heavy atom. The van der Waals surface area contributed by atoms with Gasteiger partial charge in [-0.15, -0.1) is 0 Å². The molecule has 3 amide bonds. The van der Waals surface area contributed by atoms with Crippen molar-refractivity contribution in [2.75, 3.05) is 0 Å². The zero-order valence-corrected chi connectivity index (χ0v) is 18.4. The van der Waals surface area contributed by atoms with E-state index in [4.69, 9.17) is 11.6 Å². The summed E-state index contributed by atoms with van der Waals surface area (Å²) in [7, 11) is 0. The number of hydrazine groups is 1. The first-order valence-electron chi connectivity index (χ1n) is 10.1. The zero-order chi connectivity index (χ0) is 24.6. The molecule has 3 aromatic carbocycles. The molecule has 10 heteroatoms. The van der Waals surface area contributed by atoms with Crippen LogP contribution in [0.3, 0.4) is 0 Å². The number of hydrogen-bond acceptors (Lipinski definition) is 6. The van der Waals surface area contributed by atoms with Crippen molar-refractivity contribution in [2.45, 2.75) is 13.0 Å². The molecule has 9 nitrogen and oxygen atoms in total. The van der Waals surface area contributed by atoms with Gasteiger partial charge >= 0.3 is 0 Å². The van der Waals surface area contributed by atoms with Crippen LogP contribution in [0, 0.1) is 10.1 Å². The van der Waals surface area contributed by atoms with Crippen LogP contribution < -0.4 is 0 Å². The second-order valence-corrected chi connectivity index (χ2v) is 7.90. The Morgan fingerprint density at radius 3 is 1.88 bits per heavy atom. The molecule has 0 N–H and O–H groups in total. The predicted molar refractivity (Wildman–Crippen MR) is 121 cm³/mol. The number of amides is 3. The molecule has 0 bridgehead atoms. The molecule has 0 aliphatic carbocycles. The molecule has 1 atom stereocenters. The molecule has 0 fully saturated rings. The van der Waals surface area contributed by atoms with E-state index in [-0.39, 0.29) is 27.9 Å². The Morgan fingerprint density at radius 2 is 1.38 bits per heavy atom. The molecule has 34 heavy (non-hydrogen) atoms. The van der Waals surface area contributed by atoms with Gasteiger partial charge in [-0.05, 0) is 55.5 Å². The van der Waals surface area contributed by atoms with Crippen LogP contribution in [0.2, 0.25) is 5.02 Å². The average molecular weight is 478 g/mol. The fraction of sp³-hybridized carbons (Fsp3) is 0.0833. The van der Waals surface area contributed by atoms with Gasteiger partial charge < -0.3 is 0 Å². The highest BCUT2D eigenvalue weighted by atomic mass is 35.5. The van der Waals surface area contributed by atoms with Crippen LogP contribution in [-0.4, -0.2) is 44.5 Å². The maximum Gasteiger partial charge on any atom is 0.280 e. The van der Waals surface area contributed by atoms with E-state index < -0.39 is 34.5 Å². The third kappa shape index (κ3) is 3.93. The smallest absolute Gasteiger partial charge is 0.280 e. The summed E-state index contributed by atoms with van der Waals surface area (Å²) >= 11 is 5.90. The summed E-state index contributed by atoms with van der Waals surface area (Å²) < 4.78 is 0. The highest BCUT2D eigenvalue weighted by molar-refractivity contribution is 6.30. The lowest BCUT2D eigenvalue weighted by Gasteiger charge is -2.34. The first kappa shape index (κ1) is 22.8. The number of imide groups is 1. The number of halogens is 1. The van der Waals surface area contributed by atoms with Gasteiger partial charge in [0.05, 0.1) is 16.1 Å². The number of Topliss-reactive ketones (excluding diaryl/α,β-unsaturated/α-hetero) is 1. The molecule has 170 valence electrons. The van der Waals surface area contributed by atoms with Crippen molar-refractivity contribution in [1.82, 2.24) is 10.0 Å². The van der Waals surface area contributed by atoms with Gasteiger partial charge in [0.1, 0.15) is 6.04 Å². The monoisotopic (exact) mass is 477 g/mol. The first-order valence-corrected chi connectivity index (χ1v) is 10.4. The summed E-state index contributed by atoms with van der Waals surface area (Å²) in [5.74, 6) is -2.90. The Kier molecular flexibility index (Phi) is 5.95. The number of nitro benzene ring substituents is 1. The van der Waals surface area contributed by atoms with E-state index in [1.54, 1.807) is 12.1 Å². The number of non-ortho nitro benzene ring substituents is 1. The summed E-state index contributed by atoms with van der Waals surface area (Å²) in [6.07, 6.45) is 0. The van der Waals surface area contributed by atoms with Crippen LogP contribution in [-0.2, 0) is 0 Å². The highest BCUT2D eigenvalue weighted by Crippen LogP contribution is 2.28. The van der Waals surface area contributed by atoms with E-state index in [9.17, 15) is 29.3 Å². The highest BCUT2D eigenvalue weighted by Gasteiger charge is 2.44. The Balaban J connectivity index is 1.78. The zero-order valence-electron chi connectivity index (χ0n) is 17.7. The van der Waals surface area contributed by atoms with Crippen LogP contribution in [0.1, 0.15) is 48.4 Å². The van der Waals surface area contributed by atoms with Crippen molar-refractivity contribution in [3.8, 4) is 0 Å². The number of benzene rings is 3. The number of hydrogen-bond donors (Lipinski definition) is 0. The minimum absolute atomic E-state index is 0.0436. The van der Waals surface area contributed by atoms with Gasteiger partial charge in [-0.3, -0.25) is 29.3 Å². The lowest BCUT2D eigenvalue weighted by molar-refractivity contribution is -0.384. The SMILES string of the molecule is C[C@H](C(=O)c1ccc(Cl)cc1)N(C(=O)c1ccc([N+](=O)[O-])cc1)N1C(=O)c2ccccc2C1=O. The van der Waals surface area contributed by atoms with Gasteiger partial charge in [0, 0.05) is 28.3 Å².